The average Bonchev–Trinajstić information content (AvgIpc) is 3.15. The summed E-state index contributed by atoms with van der Waals surface area (Å²) >= 11 is 0. The van der Waals surface area contributed by atoms with Crippen LogP contribution in [-0.2, 0) is 11.3 Å². The molecule has 0 bridgehead atoms. The van der Waals surface area contributed by atoms with Crippen molar-refractivity contribution in [3.8, 4) is 11.5 Å². The summed E-state index contributed by atoms with van der Waals surface area (Å²) in [5, 5.41) is 3.34. The molecule has 1 unspecified atom stereocenters. The number of benzene rings is 1. The fraction of sp³-hybridized carbons (Fsp3) is 0.562. The summed E-state index contributed by atoms with van der Waals surface area (Å²) in [5.41, 5.74) is 1.07. The average molecular weight is 327 g/mol. The van der Waals surface area contributed by atoms with Crippen LogP contribution in [0.25, 0.3) is 0 Å². The Balaban J connectivity index is 0.00000176. The van der Waals surface area contributed by atoms with E-state index in [4.69, 9.17) is 9.47 Å². The van der Waals surface area contributed by atoms with Crippen LogP contribution in [0.4, 0.5) is 0 Å². The van der Waals surface area contributed by atoms with Gasteiger partial charge in [-0.15, -0.1) is 12.4 Å². The van der Waals surface area contributed by atoms with Gasteiger partial charge in [0.05, 0.1) is 0 Å². The number of nitrogens with one attached hydrogen (secondary N) is 1. The molecule has 22 heavy (non-hydrogen) atoms. The third kappa shape index (κ3) is 4.05. The second-order valence-electron chi connectivity index (χ2n) is 5.83. The fourth-order valence-electron chi connectivity index (χ4n) is 2.88. The topological polar surface area (TPSA) is 50.8 Å². The third-order valence-electron chi connectivity index (χ3n) is 4.21. The summed E-state index contributed by atoms with van der Waals surface area (Å²) in [6.07, 6.45) is 2.81. The number of rotatable bonds is 5. The Morgan fingerprint density at radius 2 is 2.18 bits per heavy atom. The lowest BCUT2D eigenvalue weighted by molar-refractivity contribution is -0.130. The number of hydrogen-bond donors (Lipinski definition) is 1. The zero-order valence-electron chi connectivity index (χ0n) is 12.8. The first kappa shape index (κ1) is 16.9. The lowest BCUT2D eigenvalue weighted by Crippen LogP contribution is -2.26. The van der Waals surface area contributed by atoms with Crippen molar-refractivity contribution in [3.05, 3.63) is 23.8 Å². The highest BCUT2D eigenvalue weighted by molar-refractivity contribution is 5.85. The maximum Gasteiger partial charge on any atom is 0.231 e. The van der Waals surface area contributed by atoms with Crippen LogP contribution in [0.15, 0.2) is 18.2 Å². The van der Waals surface area contributed by atoms with Gasteiger partial charge >= 0.3 is 0 Å². The molecular weight excluding hydrogens is 304 g/mol. The molecule has 1 aromatic carbocycles. The van der Waals surface area contributed by atoms with Crippen molar-refractivity contribution in [3.63, 3.8) is 0 Å². The highest BCUT2D eigenvalue weighted by Crippen LogP contribution is 2.32. The Labute approximate surface area is 137 Å². The van der Waals surface area contributed by atoms with Gasteiger partial charge in [0.2, 0.25) is 12.7 Å². The molecule has 2 aliphatic heterocycles. The molecule has 2 aliphatic rings. The van der Waals surface area contributed by atoms with Crippen molar-refractivity contribution in [1.29, 1.82) is 0 Å². The summed E-state index contributed by atoms with van der Waals surface area (Å²) in [7, 11) is 1.86. The van der Waals surface area contributed by atoms with Gasteiger partial charge in [-0.3, -0.25) is 4.79 Å². The van der Waals surface area contributed by atoms with Gasteiger partial charge in [0.25, 0.3) is 0 Å². The highest BCUT2D eigenvalue weighted by Gasteiger charge is 2.18. The molecule has 122 valence electrons. The Morgan fingerprint density at radius 3 is 2.95 bits per heavy atom. The van der Waals surface area contributed by atoms with Gasteiger partial charge < -0.3 is 19.7 Å². The minimum atomic E-state index is 0. The molecule has 0 aromatic heterocycles. The lowest BCUT2D eigenvalue weighted by Gasteiger charge is -2.18. The minimum Gasteiger partial charge on any atom is -0.454 e. The Hall–Kier alpha value is -1.46. The zero-order chi connectivity index (χ0) is 14.7. The largest absolute Gasteiger partial charge is 0.454 e. The molecule has 2 heterocycles. The van der Waals surface area contributed by atoms with Crippen LogP contribution in [0, 0.1) is 5.92 Å². The molecule has 6 heteroatoms. The molecule has 5 nitrogen and oxygen atoms in total. The number of carbonyl (C=O) groups is 1. The number of nitrogens with zero attached hydrogens (tertiary/aromatic N) is 1. The third-order valence-corrected chi connectivity index (χ3v) is 4.21. The smallest absolute Gasteiger partial charge is 0.231 e. The second-order valence-corrected chi connectivity index (χ2v) is 5.83. The van der Waals surface area contributed by atoms with E-state index in [1.807, 2.05) is 25.2 Å². The standard InChI is InChI=1S/C16H22N2O3.ClH/c1-18(16(19)5-3-12-6-7-17-9-12)10-13-2-4-14-15(8-13)21-11-20-14;/h2,4,8,12,17H,3,5-7,9-11H2,1H3;1H. The maximum absolute atomic E-state index is 12.2. The van der Waals surface area contributed by atoms with Gasteiger partial charge in [-0.25, -0.2) is 0 Å². The van der Waals surface area contributed by atoms with E-state index < -0.39 is 0 Å². The van der Waals surface area contributed by atoms with E-state index in [0.717, 1.165) is 36.6 Å². The molecule has 1 fully saturated rings. The number of ether oxygens (including phenoxy) is 2. The Kier molecular flexibility index (Phi) is 5.91. The molecule has 0 saturated carbocycles. The van der Waals surface area contributed by atoms with Crippen molar-refractivity contribution in [2.45, 2.75) is 25.8 Å². The first-order chi connectivity index (χ1) is 10.2. The molecular formula is C16H23ClN2O3. The molecule has 1 N–H and O–H groups in total. The fourth-order valence-corrected chi connectivity index (χ4v) is 2.88. The van der Waals surface area contributed by atoms with Gasteiger partial charge in [-0.2, -0.15) is 0 Å². The van der Waals surface area contributed by atoms with Crippen LogP contribution in [0.5, 0.6) is 11.5 Å². The van der Waals surface area contributed by atoms with E-state index >= 15 is 0 Å². The van der Waals surface area contributed by atoms with E-state index in [1.54, 1.807) is 4.90 Å². The van der Waals surface area contributed by atoms with Gasteiger partial charge in [-0.1, -0.05) is 6.07 Å². The molecule has 1 aromatic rings. The summed E-state index contributed by atoms with van der Waals surface area (Å²) in [5.74, 6) is 2.42. The molecule has 1 atom stereocenters. The summed E-state index contributed by atoms with van der Waals surface area (Å²) in [6, 6.07) is 5.84. The van der Waals surface area contributed by atoms with Crippen molar-refractivity contribution in [2.75, 3.05) is 26.9 Å². The Bertz CT molecular complexity index is 518. The van der Waals surface area contributed by atoms with Gasteiger partial charge in [0.1, 0.15) is 0 Å². The normalized spacial score (nSPS) is 18.9. The summed E-state index contributed by atoms with van der Waals surface area (Å²) in [4.78, 5) is 14.0. The molecule has 1 amide bonds. The molecule has 0 spiro atoms. The first-order valence-electron chi connectivity index (χ1n) is 7.55. The van der Waals surface area contributed by atoms with Gasteiger partial charge in [0, 0.05) is 20.0 Å². The lowest BCUT2D eigenvalue weighted by atomic mass is 10.0. The van der Waals surface area contributed by atoms with Crippen molar-refractivity contribution >= 4 is 18.3 Å². The monoisotopic (exact) mass is 326 g/mol. The molecule has 0 aliphatic carbocycles. The molecule has 3 rings (SSSR count). The predicted octanol–water partition coefficient (Wildman–Crippen LogP) is 2.19. The van der Waals surface area contributed by atoms with Gasteiger partial charge in [0.15, 0.2) is 11.5 Å². The number of hydrogen-bond acceptors (Lipinski definition) is 4. The van der Waals surface area contributed by atoms with E-state index in [-0.39, 0.29) is 25.1 Å². The van der Waals surface area contributed by atoms with E-state index in [1.165, 1.54) is 6.42 Å². The predicted molar refractivity (Wildman–Crippen MR) is 86.5 cm³/mol. The highest BCUT2D eigenvalue weighted by atomic mass is 35.5. The van der Waals surface area contributed by atoms with E-state index in [0.29, 0.717) is 18.9 Å². The summed E-state index contributed by atoms with van der Waals surface area (Å²) < 4.78 is 10.7. The SMILES string of the molecule is CN(Cc1ccc2c(c1)OCO2)C(=O)CCC1CCNC1.Cl. The van der Waals surface area contributed by atoms with Gasteiger partial charge in [-0.05, 0) is 49.5 Å². The van der Waals surface area contributed by atoms with Crippen molar-refractivity contribution < 1.29 is 14.3 Å². The minimum absolute atomic E-state index is 0. The van der Waals surface area contributed by atoms with Crippen molar-refractivity contribution in [2.24, 2.45) is 5.92 Å². The van der Waals surface area contributed by atoms with Crippen molar-refractivity contribution in [1.82, 2.24) is 10.2 Å². The number of amides is 1. The van der Waals surface area contributed by atoms with Crippen LogP contribution < -0.4 is 14.8 Å². The second kappa shape index (κ2) is 7.70. The molecule has 0 radical (unpaired) electrons. The van der Waals surface area contributed by atoms with Crippen LogP contribution in [0.3, 0.4) is 0 Å². The zero-order valence-corrected chi connectivity index (χ0v) is 13.7. The number of halogens is 1. The number of fused-ring (bicyclic) bond motifs is 1. The molecule has 1 saturated heterocycles. The van der Waals surface area contributed by atoms with Crippen LogP contribution in [0.1, 0.15) is 24.8 Å². The first-order valence-corrected chi connectivity index (χ1v) is 7.55. The van der Waals surface area contributed by atoms with Crippen LogP contribution in [0.2, 0.25) is 0 Å². The van der Waals surface area contributed by atoms with E-state index in [9.17, 15) is 4.79 Å². The number of carbonyl (C=O) groups excluding carboxylic acids is 1. The van der Waals surface area contributed by atoms with Crippen LogP contribution >= 0.6 is 12.4 Å². The summed E-state index contributed by atoms with van der Waals surface area (Å²) in [6.45, 7) is 3.03. The maximum atomic E-state index is 12.2. The van der Waals surface area contributed by atoms with E-state index in [2.05, 4.69) is 5.32 Å². The Morgan fingerprint density at radius 1 is 1.36 bits per heavy atom. The van der Waals surface area contributed by atoms with Crippen LogP contribution in [-0.4, -0.2) is 37.7 Å². The quantitative estimate of drug-likeness (QED) is 0.901.